The quantitative estimate of drug-likeness (QED) is 0.498. The Balaban J connectivity index is 3.99. The lowest BCUT2D eigenvalue weighted by Crippen LogP contribution is -2.20. The molecule has 3 heteroatoms. The molecule has 0 atom stereocenters. The van der Waals surface area contributed by atoms with E-state index in [4.69, 9.17) is 0 Å². The smallest absolute Gasteiger partial charge is 0.141 e. The van der Waals surface area contributed by atoms with Crippen molar-refractivity contribution in [3.05, 3.63) is 0 Å². The van der Waals surface area contributed by atoms with Gasteiger partial charge in [-0.3, -0.25) is 9.59 Å². The van der Waals surface area contributed by atoms with Crippen LogP contribution in [0.4, 0.5) is 0 Å². The van der Waals surface area contributed by atoms with E-state index in [1.54, 1.807) is 0 Å². The molecular weight excluding hydrogens is 184 g/mol. The number of hydrogen-bond donors (Lipinski definition) is 0. The summed E-state index contributed by atoms with van der Waals surface area (Å²) in [7, 11) is 0. The molecule has 0 bridgehead atoms. The van der Waals surface area contributed by atoms with Gasteiger partial charge in [-0.15, -0.1) is 0 Å². The third-order valence-corrected chi connectivity index (χ3v) is 1.78. The van der Waals surface area contributed by atoms with Gasteiger partial charge in [-0.1, -0.05) is 15.9 Å². The lowest BCUT2D eigenvalue weighted by atomic mass is 10.0. The van der Waals surface area contributed by atoms with Gasteiger partial charge in [0, 0.05) is 5.33 Å². The number of Topliss-reactive ketones (excluding diaryl/α,β-unsaturated/α-hetero) is 2. The summed E-state index contributed by atoms with van der Waals surface area (Å²) >= 11 is 3.08. The summed E-state index contributed by atoms with van der Waals surface area (Å²) in [5.41, 5.74) is 0. The van der Waals surface area contributed by atoms with Crippen LogP contribution in [0.2, 0.25) is 0 Å². The highest BCUT2D eigenvalue weighted by Gasteiger charge is 2.16. The summed E-state index contributed by atoms with van der Waals surface area (Å²) in [6.45, 7) is 2.85. The van der Waals surface area contributed by atoms with Crippen LogP contribution in [0.5, 0.6) is 0 Å². The van der Waals surface area contributed by atoms with Crippen LogP contribution in [0.3, 0.4) is 0 Å². The fourth-order valence-corrected chi connectivity index (χ4v) is 1.42. The maximum Gasteiger partial charge on any atom is 0.141 e. The molecule has 0 saturated carbocycles. The van der Waals surface area contributed by atoms with E-state index in [1.807, 2.05) is 0 Å². The van der Waals surface area contributed by atoms with Gasteiger partial charge in [-0.25, -0.2) is 0 Å². The lowest BCUT2D eigenvalue weighted by molar-refractivity contribution is -0.129. The van der Waals surface area contributed by atoms with E-state index < -0.39 is 5.92 Å². The normalized spacial score (nSPS) is 9.78. The summed E-state index contributed by atoms with van der Waals surface area (Å²) < 4.78 is 0. The van der Waals surface area contributed by atoms with Crippen molar-refractivity contribution in [3.63, 3.8) is 0 Å². The number of rotatable bonds is 3. The van der Waals surface area contributed by atoms with E-state index in [-0.39, 0.29) is 11.6 Å². The molecule has 0 aromatic rings. The lowest BCUT2D eigenvalue weighted by Gasteiger charge is -2.02. The second kappa shape index (κ2) is 3.77. The number of ketones is 2. The first-order valence-electron chi connectivity index (χ1n) is 2.66. The van der Waals surface area contributed by atoms with Crippen molar-refractivity contribution in [3.8, 4) is 0 Å². The van der Waals surface area contributed by atoms with Crippen molar-refractivity contribution >= 4 is 27.5 Å². The van der Waals surface area contributed by atoms with Crippen molar-refractivity contribution in [2.45, 2.75) is 13.8 Å². The minimum Gasteiger partial charge on any atom is -0.299 e. The van der Waals surface area contributed by atoms with Crippen LogP contribution in [0, 0.1) is 5.92 Å². The van der Waals surface area contributed by atoms with Gasteiger partial charge in [0.1, 0.15) is 11.6 Å². The van der Waals surface area contributed by atoms with Crippen LogP contribution in [0.25, 0.3) is 0 Å². The zero-order chi connectivity index (χ0) is 7.44. The largest absolute Gasteiger partial charge is 0.299 e. The molecule has 0 rings (SSSR count). The molecule has 0 aromatic heterocycles. The van der Waals surface area contributed by atoms with Crippen molar-refractivity contribution in [1.82, 2.24) is 0 Å². The molecule has 0 aliphatic rings. The molecular formula is C6H9BrO2. The molecule has 0 amide bonds. The van der Waals surface area contributed by atoms with Crippen LogP contribution in [-0.2, 0) is 9.59 Å². The van der Waals surface area contributed by atoms with E-state index >= 15 is 0 Å². The minimum atomic E-state index is -0.440. The zero-order valence-electron chi connectivity index (χ0n) is 5.48. The first kappa shape index (κ1) is 8.82. The van der Waals surface area contributed by atoms with Crippen molar-refractivity contribution in [2.75, 3.05) is 5.33 Å². The Kier molecular flexibility index (Phi) is 3.70. The summed E-state index contributed by atoms with van der Waals surface area (Å²) in [5.74, 6) is -0.580. The van der Waals surface area contributed by atoms with Gasteiger partial charge in [0.2, 0.25) is 0 Å². The predicted octanol–water partition coefficient (Wildman–Crippen LogP) is 1.18. The monoisotopic (exact) mass is 192 g/mol. The number of carbonyl (C=O) groups is 2. The first-order chi connectivity index (χ1) is 4.09. The molecule has 2 nitrogen and oxygen atoms in total. The molecule has 0 aromatic carbocycles. The Morgan fingerprint density at radius 2 is 1.67 bits per heavy atom. The number of carbonyl (C=O) groups excluding carboxylic acids is 2. The summed E-state index contributed by atoms with van der Waals surface area (Å²) in [6.07, 6.45) is 0. The highest BCUT2D eigenvalue weighted by atomic mass is 79.9. The molecule has 9 heavy (non-hydrogen) atoms. The van der Waals surface area contributed by atoms with E-state index in [0.29, 0.717) is 5.33 Å². The Labute approximate surface area is 62.8 Å². The Morgan fingerprint density at radius 3 is 1.67 bits per heavy atom. The minimum absolute atomic E-state index is 0.0700. The van der Waals surface area contributed by atoms with E-state index in [0.717, 1.165) is 0 Å². The second-order valence-electron chi connectivity index (χ2n) is 1.93. The second-order valence-corrected chi connectivity index (χ2v) is 2.58. The summed E-state index contributed by atoms with van der Waals surface area (Å²) in [5, 5.41) is 0.442. The Morgan fingerprint density at radius 1 is 1.33 bits per heavy atom. The average Bonchev–Trinajstić information content (AvgIpc) is 1.64. The molecule has 52 valence electrons. The van der Waals surface area contributed by atoms with Gasteiger partial charge < -0.3 is 0 Å². The fraction of sp³-hybridized carbons (Fsp3) is 0.667. The van der Waals surface area contributed by atoms with Crippen LogP contribution in [0.1, 0.15) is 13.8 Å². The van der Waals surface area contributed by atoms with Gasteiger partial charge in [0.15, 0.2) is 0 Å². The van der Waals surface area contributed by atoms with Crippen molar-refractivity contribution in [1.29, 1.82) is 0 Å². The number of hydrogen-bond acceptors (Lipinski definition) is 2. The molecule has 0 heterocycles. The average molecular weight is 193 g/mol. The number of alkyl halides is 1. The van der Waals surface area contributed by atoms with E-state index in [1.165, 1.54) is 13.8 Å². The van der Waals surface area contributed by atoms with Gasteiger partial charge in [0.25, 0.3) is 0 Å². The zero-order valence-corrected chi connectivity index (χ0v) is 7.06. The SMILES string of the molecule is CC(=O)C(CBr)C(C)=O. The van der Waals surface area contributed by atoms with Crippen LogP contribution >= 0.6 is 15.9 Å². The predicted molar refractivity (Wildman–Crippen MR) is 38.6 cm³/mol. The molecule has 0 aliphatic heterocycles. The maximum absolute atomic E-state index is 10.6. The topological polar surface area (TPSA) is 34.1 Å². The van der Waals surface area contributed by atoms with Crippen LogP contribution in [-0.4, -0.2) is 16.9 Å². The molecule has 0 saturated heterocycles. The van der Waals surface area contributed by atoms with Gasteiger partial charge in [0.05, 0.1) is 5.92 Å². The third kappa shape index (κ3) is 2.75. The van der Waals surface area contributed by atoms with Gasteiger partial charge >= 0.3 is 0 Å². The fourth-order valence-electron chi connectivity index (χ4n) is 0.504. The molecule has 0 radical (unpaired) electrons. The van der Waals surface area contributed by atoms with Crippen LogP contribution < -0.4 is 0 Å². The standard InChI is InChI=1S/C6H9BrO2/c1-4(8)6(3-7)5(2)9/h6H,3H2,1-2H3. The Bertz CT molecular complexity index is 117. The maximum atomic E-state index is 10.6. The highest BCUT2D eigenvalue weighted by Crippen LogP contribution is 2.03. The van der Waals surface area contributed by atoms with Crippen LogP contribution in [0.15, 0.2) is 0 Å². The molecule has 0 fully saturated rings. The van der Waals surface area contributed by atoms with E-state index in [2.05, 4.69) is 15.9 Å². The Hall–Kier alpha value is -0.180. The first-order valence-corrected chi connectivity index (χ1v) is 3.78. The summed E-state index contributed by atoms with van der Waals surface area (Å²) in [4.78, 5) is 21.1. The number of halogens is 1. The third-order valence-electron chi connectivity index (χ3n) is 1.14. The molecule has 0 N–H and O–H groups in total. The molecule has 0 spiro atoms. The highest BCUT2D eigenvalue weighted by molar-refractivity contribution is 9.09. The summed E-state index contributed by atoms with van der Waals surface area (Å²) in [6, 6.07) is 0. The van der Waals surface area contributed by atoms with E-state index in [9.17, 15) is 9.59 Å². The van der Waals surface area contributed by atoms with Crippen molar-refractivity contribution in [2.24, 2.45) is 5.92 Å². The molecule has 0 unspecified atom stereocenters. The van der Waals surface area contributed by atoms with Gasteiger partial charge in [-0.2, -0.15) is 0 Å². The van der Waals surface area contributed by atoms with Crippen molar-refractivity contribution < 1.29 is 9.59 Å². The van der Waals surface area contributed by atoms with Gasteiger partial charge in [-0.05, 0) is 13.8 Å². The molecule has 0 aliphatic carbocycles.